The molecule has 1 nitrogen and oxygen atoms in total. The highest BCUT2D eigenvalue weighted by Gasteiger charge is 2.29. The van der Waals surface area contributed by atoms with Crippen LogP contribution in [0.1, 0.15) is 48.0 Å². The molecular formula is C12H25N. The van der Waals surface area contributed by atoms with Gasteiger partial charge in [0.2, 0.25) is 0 Å². The molecule has 0 aromatic heterocycles. The van der Waals surface area contributed by atoms with Crippen LogP contribution in [0.15, 0.2) is 4.99 Å². The van der Waals surface area contributed by atoms with Gasteiger partial charge in [-0.25, -0.2) is 0 Å². The average molecular weight is 183 g/mol. The Kier molecular flexibility index (Phi) is 4.66. The predicted octanol–water partition coefficient (Wildman–Crippen LogP) is 3.79. The van der Waals surface area contributed by atoms with Crippen LogP contribution in [-0.2, 0) is 0 Å². The molecule has 0 aromatic carbocycles. The first-order valence-electron chi connectivity index (χ1n) is 5.24. The summed E-state index contributed by atoms with van der Waals surface area (Å²) >= 11 is 0. The number of nitrogens with zero attached hydrogens (tertiary/aromatic N) is 1. The Morgan fingerprint density at radius 1 is 1.23 bits per heavy atom. The van der Waals surface area contributed by atoms with Gasteiger partial charge < -0.3 is 0 Å². The lowest BCUT2D eigenvalue weighted by Crippen LogP contribution is -2.28. The van der Waals surface area contributed by atoms with Crippen LogP contribution in [0.25, 0.3) is 0 Å². The molecule has 0 radical (unpaired) electrons. The van der Waals surface area contributed by atoms with E-state index in [0.29, 0.717) is 11.3 Å². The molecule has 0 rings (SSSR count). The average Bonchev–Trinajstić information content (AvgIpc) is 2.03. The van der Waals surface area contributed by atoms with Gasteiger partial charge in [-0.1, -0.05) is 34.6 Å². The monoisotopic (exact) mass is 183 g/mol. The van der Waals surface area contributed by atoms with Crippen LogP contribution in [0.3, 0.4) is 0 Å². The normalized spacial score (nSPS) is 16.5. The van der Waals surface area contributed by atoms with Crippen molar-refractivity contribution in [2.75, 3.05) is 7.05 Å². The van der Waals surface area contributed by atoms with Crippen molar-refractivity contribution in [2.45, 2.75) is 48.0 Å². The first kappa shape index (κ1) is 12.7. The molecule has 0 aliphatic carbocycles. The van der Waals surface area contributed by atoms with Crippen molar-refractivity contribution < 1.29 is 0 Å². The maximum atomic E-state index is 4.22. The van der Waals surface area contributed by atoms with Gasteiger partial charge in [0.15, 0.2) is 0 Å². The number of aliphatic imine (C=N–C) groups is 1. The van der Waals surface area contributed by atoms with Crippen molar-refractivity contribution in [3.8, 4) is 0 Å². The highest BCUT2D eigenvalue weighted by Crippen LogP contribution is 2.36. The van der Waals surface area contributed by atoms with Crippen LogP contribution in [-0.4, -0.2) is 12.8 Å². The molecule has 1 atom stereocenters. The summed E-state index contributed by atoms with van der Waals surface area (Å²) in [6, 6.07) is 0. The molecule has 13 heavy (non-hydrogen) atoms. The third-order valence-corrected chi connectivity index (χ3v) is 3.74. The summed E-state index contributed by atoms with van der Waals surface area (Å²) in [6.45, 7) is 13.8. The quantitative estimate of drug-likeness (QED) is 0.588. The predicted molar refractivity (Wildman–Crippen MR) is 61.4 cm³/mol. The van der Waals surface area contributed by atoms with Gasteiger partial charge in [-0.2, -0.15) is 0 Å². The van der Waals surface area contributed by atoms with Gasteiger partial charge in [0, 0.05) is 12.8 Å². The fourth-order valence-electron chi connectivity index (χ4n) is 1.37. The molecule has 0 saturated heterocycles. The van der Waals surface area contributed by atoms with Gasteiger partial charge >= 0.3 is 0 Å². The minimum Gasteiger partial charge on any atom is -0.298 e. The van der Waals surface area contributed by atoms with Gasteiger partial charge in [-0.3, -0.25) is 4.99 Å². The van der Waals surface area contributed by atoms with Gasteiger partial charge in [0.05, 0.1) is 0 Å². The Morgan fingerprint density at radius 3 is 2.00 bits per heavy atom. The Hall–Kier alpha value is -0.330. The second kappa shape index (κ2) is 4.78. The fourth-order valence-corrected chi connectivity index (χ4v) is 1.37. The van der Waals surface area contributed by atoms with E-state index in [9.17, 15) is 0 Å². The molecule has 0 spiro atoms. The van der Waals surface area contributed by atoms with Crippen molar-refractivity contribution in [2.24, 2.45) is 22.2 Å². The highest BCUT2D eigenvalue weighted by atomic mass is 14.7. The van der Waals surface area contributed by atoms with Crippen molar-refractivity contribution in [3.63, 3.8) is 0 Å². The lowest BCUT2D eigenvalue weighted by Gasteiger charge is -2.36. The second-order valence-electron chi connectivity index (χ2n) is 5.04. The first-order chi connectivity index (χ1) is 5.82. The number of hydrogen-bond acceptors (Lipinski definition) is 1. The molecule has 0 aliphatic heterocycles. The van der Waals surface area contributed by atoms with E-state index in [-0.39, 0.29) is 0 Å². The van der Waals surface area contributed by atoms with E-state index >= 15 is 0 Å². The van der Waals surface area contributed by atoms with E-state index in [1.807, 2.05) is 7.05 Å². The van der Waals surface area contributed by atoms with E-state index in [4.69, 9.17) is 0 Å². The smallest absolute Gasteiger partial charge is 0.0276 e. The minimum absolute atomic E-state index is 0.409. The molecular weight excluding hydrogens is 158 g/mol. The van der Waals surface area contributed by atoms with Gasteiger partial charge in [0.1, 0.15) is 0 Å². The molecule has 0 aromatic rings. The lowest BCUT2D eigenvalue weighted by molar-refractivity contribution is 0.156. The number of hydrogen-bond donors (Lipinski definition) is 0. The zero-order chi connectivity index (χ0) is 10.6. The third-order valence-electron chi connectivity index (χ3n) is 3.74. The lowest BCUT2D eigenvalue weighted by atomic mass is 9.70. The summed E-state index contributed by atoms with van der Waals surface area (Å²) < 4.78 is 0. The van der Waals surface area contributed by atoms with Crippen LogP contribution < -0.4 is 0 Å². The maximum Gasteiger partial charge on any atom is 0.0276 e. The summed E-state index contributed by atoms with van der Waals surface area (Å²) in [7, 11) is 1.88. The standard InChI is InChI=1S/C12H25N/c1-9(2)12(5,6)10(3)8-11(4)13-7/h9-10H,8H2,1-7H3/b13-11+. The maximum absolute atomic E-state index is 4.22. The first-order valence-corrected chi connectivity index (χ1v) is 5.24. The molecule has 0 fully saturated rings. The Bertz CT molecular complexity index is 178. The zero-order valence-corrected chi connectivity index (χ0v) is 10.3. The third kappa shape index (κ3) is 3.50. The Labute approximate surface area is 83.6 Å². The van der Waals surface area contributed by atoms with E-state index < -0.39 is 0 Å². The summed E-state index contributed by atoms with van der Waals surface area (Å²) in [6.07, 6.45) is 1.13. The highest BCUT2D eigenvalue weighted by molar-refractivity contribution is 5.81. The topological polar surface area (TPSA) is 12.4 Å². The molecule has 1 unspecified atom stereocenters. The van der Waals surface area contributed by atoms with Crippen LogP contribution in [0.2, 0.25) is 0 Å². The molecule has 0 heterocycles. The molecule has 0 N–H and O–H groups in total. The van der Waals surface area contributed by atoms with E-state index in [2.05, 4.69) is 46.5 Å². The molecule has 78 valence electrons. The van der Waals surface area contributed by atoms with Crippen LogP contribution >= 0.6 is 0 Å². The van der Waals surface area contributed by atoms with Crippen LogP contribution in [0.5, 0.6) is 0 Å². The van der Waals surface area contributed by atoms with Crippen molar-refractivity contribution >= 4 is 5.71 Å². The summed E-state index contributed by atoms with van der Waals surface area (Å²) in [4.78, 5) is 4.22. The number of rotatable bonds is 4. The van der Waals surface area contributed by atoms with Crippen LogP contribution in [0.4, 0.5) is 0 Å². The second-order valence-corrected chi connectivity index (χ2v) is 5.04. The van der Waals surface area contributed by atoms with Gasteiger partial charge in [0.25, 0.3) is 0 Å². The summed E-state index contributed by atoms with van der Waals surface area (Å²) in [5.74, 6) is 1.43. The molecule has 1 heteroatoms. The molecule has 0 amide bonds. The van der Waals surface area contributed by atoms with E-state index in [1.165, 1.54) is 5.71 Å². The Morgan fingerprint density at radius 2 is 1.69 bits per heavy atom. The van der Waals surface area contributed by atoms with Gasteiger partial charge in [-0.05, 0) is 30.6 Å². The molecule has 0 bridgehead atoms. The largest absolute Gasteiger partial charge is 0.298 e. The van der Waals surface area contributed by atoms with E-state index in [0.717, 1.165) is 12.3 Å². The molecule has 0 saturated carbocycles. The zero-order valence-electron chi connectivity index (χ0n) is 10.3. The van der Waals surface area contributed by atoms with E-state index in [1.54, 1.807) is 0 Å². The summed E-state index contributed by atoms with van der Waals surface area (Å²) in [5.41, 5.74) is 1.67. The SMILES string of the molecule is C/N=C(\C)CC(C)C(C)(C)C(C)C. The van der Waals surface area contributed by atoms with Crippen molar-refractivity contribution in [1.29, 1.82) is 0 Å². The molecule has 0 aliphatic rings. The summed E-state index contributed by atoms with van der Waals surface area (Å²) in [5, 5.41) is 0. The minimum atomic E-state index is 0.409. The van der Waals surface area contributed by atoms with Crippen LogP contribution in [0, 0.1) is 17.3 Å². The van der Waals surface area contributed by atoms with Crippen molar-refractivity contribution in [3.05, 3.63) is 0 Å². The fraction of sp³-hybridized carbons (Fsp3) is 0.917. The van der Waals surface area contributed by atoms with Gasteiger partial charge in [-0.15, -0.1) is 0 Å². The van der Waals surface area contributed by atoms with Crippen molar-refractivity contribution in [1.82, 2.24) is 0 Å². The Balaban J connectivity index is 4.33.